The SMILES string of the molecule is Cc1ccc(C)c(C(=O)CCC(=O)N2CCC(C(=O)Nc3ccccn3)CC2)c1. The highest BCUT2D eigenvalue weighted by atomic mass is 16.2. The number of likely N-dealkylation sites (tertiary alicyclic amines) is 1. The molecule has 0 radical (unpaired) electrons. The van der Waals surface area contributed by atoms with Gasteiger partial charge in [-0.25, -0.2) is 4.98 Å². The van der Waals surface area contributed by atoms with Gasteiger partial charge >= 0.3 is 0 Å². The fourth-order valence-corrected chi connectivity index (χ4v) is 3.61. The maximum absolute atomic E-state index is 12.5. The number of hydrogen-bond acceptors (Lipinski definition) is 4. The van der Waals surface area contributed by atoms with Crippen LogP contribution in [0.15, 0.2) is 42.6 Å². The number of Topliss-reactive ketones (excluding diaryl/α,β-unsaturated/α-hetero) is 1. The number of carbonyl (C=O) groups is 3. The molecule has 1 fully saturated rings. The molecule has 0 unspecified atom stereocenters. The number of piperidine rings is 1. The quantitative estimate of drug-likeness (QED) is 0.762. The van der Waals surface area contributed by atoms with Crippen LogP contribution in [0.3, 0.4) is 0 Å². The molecular formula is C23H27N3O3. The van der Waals surface area contributed by atoms with E-state index >= 15 is 0 Å². The third-order valence-corrected chi connectivity index (χ3v) is 5.39. The second-order valence-corrected chi connectivity index (χ2v) is 7.60. The zero-order valence-corrected chi connectivity index (χ0v) is 17.0. The zero-order valence-electron chi connectivity index (χ0n) is 17.0. The summed E-state index contributed by atoms with van der Waals surface area (Å²) in [6.45, 7) is 4.94. The second kappa shape index (κ2) is 9.45. The molecule has 1 aliphatic heterocycles. The van der Waals surface area contributed by atoms with Crippen molar-refractivity contribution in [3.8, 4) is 0 Å². The lowest BCUT2D eigenvalue weighted by molar-refractivity contribution is -0.134. The van der Waals surface area contributed by atoms with E-state index in [-0.39, 0.29) is 36.4 Å². The smallest absolute Gasteiger partial charge is 0.228 e. The van der Waals surface area contributed by atoms with Crippen LogP contribution in [-0.4, -0.2) is 40.6 Å². The van der Waals surface area contributed by atoms with Gasteiger partial charge in [-0.3, -0.25) is 14.4 Å². The Labute approximate surface area is 171 Å². The topological polar surface area (TPSA) is 79.4 Å². The van der Waals surface area contributed by atoms with E-state index in [9.17, 15) is 14.4 Å². The van der Waals surface area contributed by atoms with Crippen molar-refractivity contribution in [2.24, 2.45) is 5.92 Å². The van der Waals surface area contributed by atoms with E-state index in [1.54, 1.807) is 23.2 Å². The Kier molecular flexibility index (Phi) is 6.75. The Bertz CT molecular complexity index is 887. The van der Waals surface area contributed by atoms with Gasteiger partial charge in [-0.15, -0.1) is 0 Å². The number of rotatable bonds is 6. The van der Waals surface area contributed by atoms with Crippen LogP contribution in [0.25, 0.3) is 0 Å². The lowest BCUT2D eigenvalue weighted by atomic mass is 9.95. The predicted octanol–water partition coefficient (Wildman–Crippen LogP) is 3.54. The highest BCUT2D eigenvalue weighted by Gasteiger charge is 2.27. The molecule has 0 aliphatic carbocycles. The molecule has 2 amide bonds. The molecule has 1 saturated heterocycles. The lowest BCUT2D eigenvalue weighted by Gasteiger charge is -2.31. The van der Waals surface area contributed by atoms with E-state index in [0.29, 0.717) is 37.3 Å². The normalized spacial score (nSPS) is 14.5. The zero-order chi connectivity index (χ0) is 20.8. The largest absolute Gasteiger partial charge is 0.343 e. The first-order chi connectivity index (χ1) is 13.9. The summed E-state index contributed by atoms with van der Waals surface area (Å²) in [7, 11) is 0. The molecule has 6 nitrogen and oxygen atoms in total. The van der Waals surface area contributed by atoms with Crippen LogP contribution in [-0.2, 0) is 9.59 Å². The molecule has 3 rings (SSSR count). The maximum atomic E-state index is 12.5. The first-order valence-electron chi connectivity index (χ1n) is 10.0. The van der Waals surface area contributed by atoms with E-state index in [4.69, 9.17) is 0 Å². The van der Waals surface area contributed by atoms with E-state index in [0.717, 1.165) is 11.1 Å². The molecule has 0 bridgehead atoms. The first kappa shape index (κ1) is 20.7. The predicted molar refractivity (Wildman–Crippen MR) is 112 cm³/mol. The van der Waals surface area contributed by atoms with Gasteiger partial charge in [-0.1, -0.05) is 23.8 Å². The molecule has 1 N–H and O–H groups in total. The average molecular weight is 393 g/mol. The van der Waals surface area contributed by atoms with Crippen LogP contribution < -0.4 is 5.32 Å². The number of nitrogens with one attached hydrogen (secondary N) is 1. The van der Waals surface area contributed by atoms with Crippen LogP contribution in [0.4, 0.5) is 5.82 Å². The highest BCUT2D eigenvalue weighted by molar-refractivity contribution is 5.99. The van der Waals surface area contributed by atoms with Gasteiger partial charge < -0.3 is 10.2 Å². The average Bonchev–Trinajstić information content (AvgIpc) is 2.74. The molecule has 0 atom stereocenters. The summed E-state index contributed by atoms with van der Waals surface area (Å²) in [6, 6.07) is 11.2. The molecule has 2 heterocycles. The first-order valence-corrected chi connectivity index (χ1v) is 10.0. The minimum atomic E-state index is -0.127. The lowest BCUT2D eigenvalue weighted by Crippen LogP contribution is -2.41. The standard InChI is InChI=1S/C23H27N3O3/c1-16-6-7-17(2)19(15-16)20(27)8-9-22(28)26-13-10-18(11-14-26)23(29)25-21-5-3-4-12-24-21/h3-7,12,15,18H,8-11,13-14H2,1-2H3,(H,24,25,29). The summed E-state index contributed by atoms with van der Waals surface area (Å²) in [5.41, 5.74) is 2.67. The summed E-state index contributed by atoms with van der Waals surface area (Å²) in [4.78, 5) is 43.3. The van der Waals surface area contributed by atoms with Gasteiger partial charge in [0.1, 0.15) is 5.82 Å². The summed E-state index contributed by atoms with van der Waals surface area (Å²) in [5.74, 6) is 0.343. The van der Waals surface area contributed by atoms with Crippen molar-refractivity contribution in [1.29, 1.82) is 0 Å². The van der Waals surface area contributed by atoms with Gasteiger partial charge in [0.25, 0.3) is 0 Å². The molecule has 1 aliphatic rings. The van der Waals surface area contributed by atoms with Crippen molar-refractivity contribution in [3.05, 3.63) is 59.3 Å². The number of nitrogens with zero attached hydrogens (tertiary/aromatic N) is 2. The maximum Gasteiger partial charge on any atom is 0.228 e. The number of carbonyl (C=O) groups excluding carboxylic acids is 3. The third kappa shape index (κ3) is 5.50. The number of amides is 2. The van der Waals surface area contributed by atoms with Crippen molar-refractivity contribution in [3.63, 3.8) is 0 Å². The molecule has 6 heteroatoms. The number of ketones is 1. The summed E-state index contributed by atoms with van der Waals surface area (Å²) in [5, 5.41) is 2.83. The molecule has 0 saturated carbocycles. The number of aromatic nitrogens is 1. The van der Waals surface area contributed by atoms with Gasteiger partial charge in [0.05, 0.1) is 0 Å². The number of hydrogen-bond donors (Lipinski definition) is 1. The molecule has 1 aromatic heterocycles. The Morgan fingerprint density at radius 3 is 2.52 bits per heavy atom. The van der Waals surface area contributed by atoms with Crippen LogP contribution in [0, 0.1) is 19.8 Å². The van der Waals surface area contributed by atoms with Crippen molar-refractivity contribution in [2.75, 3.05) is 18.4 Å². The van der Waals surface area contributed by atoms with Crippen molar-refractivity contribution in [2.45, 2.75) is 39.5 Å². The monoisotopic (exact) mass is 393 g/mol. The second-order valence-electron chi connectivity index (χ2n) is 7.60. The van der Waals surface area contributed by atoms with E-state index in [2.05, 4.69) is 10.3 Å². The van der Waals surface area contributed by atoms with E-state index < -0.39 is 0 Å². The van der Waals surface area contributed by atoms with Gasteiger partial charge in [0.15, 0.2) is 5.78 Å². The van der Waals surface area contributed by atoms with Crippen molar-refractivity contribution >= 4 is 23.4 Å². The van der Waals surface area contributed by atoms with Crippen LogP contribution >= 0.6 is 0 Å². The number of aryl methyl sites for hydroxylation is 2. The Balaban J connectivity index is 1.45. The molecule has 29 heavy (non-hydrogen) atoms. The van der Waals surface area contributed by atoms with Crippen LogP contribution in [0.5, 0.6) is 0 Å². The molecule has 0 spiro atoms. The number of anilines is 1. The van der Waals surface area contributed by atoms with Crippen LogP contribution in [0.1, 0.15) is 47.2 Å². The van der Waals surface area contributed by atoms with Crippen LogP contribution in [0.2, 0.25) is 0 Å². The summed E-state index contributed by atoms with van der Waals surface area (Å²) >= 11 is 0. The number of pyridine rings is 1. The van der Waals surface area contributed by atoms with Gasteiger partial charge in [0, 0.05) is 43.6 Å². The fourth-order valence-electron chi connectivity index (χ4n) is 3.61. The highest BCUT2D eigenvalue weighted by Crippen LogP contribution is 2.20. The molecule has 152 valence electrons. The summed E-state index contributed by atoms with van der Waals surface area (Å²) in [6.07, 6.45) is 3.29. The Hall–Kier alpha value is -3.02. The van der Waals surface area contributed by atoms with Crippen molar-refractivity contribution in [1.82, 2.24) is 9.88 Å². The molecule has 1 aromatic carbocycles. The molecule has 2 aromatic rings. The summed E-state index contributed by atoms with van der Waals surface area (Å²) < 4.78 is 0. The van der Waals surface area contributed by atoms with Crippen molar-refractivity contribution < 1.29 is 14.4 Å². The van der Waals surface area contributed by atoms with E-state index in [1.165, 1.54) is 0 Å². The minimum Gasteiger partial charge on any atom is -0.343 e. The Morgan fingerprint density at radius 2 is 1.83 bits per heavy atom. The Morgan fingerprint density at radius 1 is 1.07 bits per heavy atom. The van der Waals surface area contributed by atoms with Gasteiger partial charge in [-0.05, 0) is 50.5 Å². The minimum absolute atomic E-state index is 0.00387. The van der Waals surface area contributed by atoms with Gasteiger partial charge in [-0.2, -0.15) is 0 Å². The van der Waals surface area contributed by atoms with E-state index in [1.807, 2.05) is 38.1 Å². The fraction of sp³-hybridized carbons (Fsp3) is 0.391. The number of benzene rings is 1. The third-order valence-electron chi connectivity index (χ3n) is 5.39. The van der Waals surface area contributed by atoms with Gasteiger partial charge in [0.2, 0.25) is 11.8 Å². The molecular weight excluding hydrogens is 366 g/mol.